The molecule has 0 amide bonds. The molecule has 110 valence electrons. The van der Waals surface area contributed by atoms with E-state index in [1.165, 1.54) is 22.3 Å². The number of hydrogen-bond donors (Lipinski definition) is 2. The highest BCUT2D eigenvalue weighted by molar-refractivity contribution is 5.88. The van der Waals surface area contributed by atoms with Gasteiger partial charge < -0.3 is 10.4 Å². The van der Waals surface area contributed by atoms with Gasteiger partial charge in [0.2, 0.25) is 0 Å². The number of carboxylic acid groups (broad SMARTS) is 1. The third kappa shape index (κ3) is 3.43. The molecule has 2 N–H and O–H groups in total. The summed E-state index contributed by atoms with van der Waals surface area (Å²) in [5.41, 5.74) is 6.33. The van der Waals surface area contributed by atoms with Gasteiger partial charge in [0.1, 0.15) is 0 Å². The van der Waals surface area contributed by atoms with Crippen LogP contribution in [0, 0.1) is 20.8 Å². The first-order valence-corrected chi connectivity index (χ1v) is 7.06. The van der Waals surface area contributed by atoms with E-state index in [2.05, 4.69) is 45.1 Å². The van der Waals surface area contributed by atoms with Crippen LogP contribution in [0.15, 0.2) is 36.4 Å². The monoisotopic (exact) mass is 283 g/mol. The summed E-state index contributed by atoms with van der Waals surface area (Å²) in [4.78, 5) is 10.9. The Hall–Kier alpha value is -2.29. The molecule has 3 heteroatoms. The van der Waals surface area contributed by atoms with Crippen LogP contribution in [-0.2, 0) is 0 Å². The van der Waals surface area contributed by atoms with E-state index in [1.807, 2.05) is 0 Å². The van der Waals surface area contributed by atoms with E-state index < -0.39 is 5.97 Å². The van der Waals surface area contributed by atoms with Gasteiger partial charge in [0, 0.05) is 11.7 Å². The zero-order chi connectivity index (χ0) is 15.6. The average Bonchev–Trinajstić information content (AvgIpc) is 2.37. The second kappa shape index (κ2) is 6.00. The molecule has 21 heavy (non-hydrogen) atoms. The van der Waals surface area contributed by atoms with Crippen LogP contribution in [0.4, 0.5) is 5.69 Å². The molecule has 0 bridgehead atoms. The normalized spacial score (nSPS) is 12.0. The van der Waals surface area contributed by atoms with Gasteiger partial charge in [0.15, 0.2) is 0 Å². The molecule has 2 aromatic rings. The lowest BCUT2D eigenvalue weighted by Crippen LogP contribution is -2.10. The van der Waals surface area contributed by atoms with Gasteiger partial charge in [-0.3, -0.25) is 0 Å². The minimum absolute atomic E-state index is 0.168. The number of aryl methyl sites for hydroxylation is 3. The summed E-state index contributed by atoms with van der Waals surface area (Å²) in [6.07, 6.45) is 0. The van der Waals surface area contributed by atoms with Crippen molar-refractivity contribution in [2.45, 2.75) is 33.7 Å². The van der Waals surface area contributed by atoms with E-state index >= 15 is 0 Å². The van der Waals surface area contributed by atoms with Crippen molar-refractivity contribution in [3.05, 3.63) is 64.2 Å². The van der Waals surface area contributed by atoms with Gasteiger partial charge in [-0.15, -0.1) is 0 Å². The smallest absolute Gasteiger partial charge is 0.335 e. The summed E-state index contributed by atoms with van der Waals surface area (Å²) >= 11 is 0. The van der Waals surface area contributed by atoms with E-state index in [-0.39, 0.29) is 6.04 Å². The van der Waals surface area contributed by atoms with Gasteiger partial charge in [-0.2, -0.15) is 0 Å². The molecular weight excluding hydrogens is 262 g/mol. The second-order valence-electron chi connectivity index (χ2n) is 5.56. The van der Waals surface area contributed by atoms with Crippen molar-refractivity contribution in [2.24, 2.45) is 0 Å². The third-order valence-corrected chi connectivity index (χ3v) is 3.69. The summed E-state index contributed by atoms with van der Waals surface area (Å²) in [6, 6.07) is 11.4. The predicted octanol–water partition coefficient (Wildman–Crippen LogP) is 4.48. The lowest BCUT2D eigenvalue weighted by molar-refractivity contribution is 0.0697. The average molecular weight is 283 g/mol. The Morgan fingerprint density at radius 1 is 1.05 bits per heavy atom. The lowest BCUT2D eigenvalue weighted by Gasteiger charge is -2.21. The van der Waals surface area contributed by atoms with Crippen LogP contribution in [0.1, 0.15) is 45.6 Å². The molecule has 0 saturated heterocycles. The number of rotatable bonds is 4. The van der Waals surface area contributed by atoms with Crippen molar-refractivity contribution < 1.29 is 9.90 Å². The third-order valence-electron chi connectivity index (χ3n) is 3.69. The van der Waals surface area contributed by atoms with Crippen LogP contribution < -0.4 is 5.32 Å². The highest BCUT2D eigenvalue weighted by Crippen LogP contribution is 2.26. The van der Waals surface area contributed by atoms with Crippen LogP contribution in [0.5, 0.6) is 0 Å². The minimum Gasteiger partial charge on any atom is -0.478 e. The maximum absolute atomic E-state index is 10.9. The van der Waals surface area contributed by atoms with Gasteiger partial charge in [-0.05, 0) is 68.7 Å². The fourth-order valence-corrected chi connectivity index (χ4v) is 2.91. The highest BCUT2D eigenvalue weighted by atomic mass is 16.4. The summed E-state index contributed by atoms with van der Waals surface area (Å²) in [6.45, 7) is 8.48. The van der Waals surface area contributed by atoms with Crippen molar-refractivity contribution in [3.8, 4) is 0 Å². The van der Waals surface area contributed by atoms with Gasteiger partial charge >= 0.3 is 5.97 Å². The van der Waals surface area contributed by atoms with E-state index in [1.54, 1.807) is 24.3 Å². The molecule has 0 radical (unpaired) electrons. The lowest BCUT2D eigenvalue weighted by atomic mass is 9.94. The first kappa shape index (κ1) is 15.1. The Bertz CT molecular complexity index is 636. The number of hydrogen-bond acceptors (Lipinski definition) is 2. The van der Waals surface area contributed by atoms with Crippen LogP contribution in [0.3, 0.4) is 0 Å². The first-order valence-electron chi connectivity index (χ1n) is 7.06. The van der Waals surface area contributed by atoms with Gasteiger partial charge in [0.05, 0.1) is 5.56 Å². The van der Waals surface area contributed by atoms with Crippen molar-refractivity contribution in [1.29, 1.82) is 0 Å². The molecule has 0 spiro atoms. The molecule has 2 aromatic carbocycles. The zero-order valence-electron chi connectivity index (χ0n) is 12.9. The Kier molecular flexibility index (Phi) is 4.32. The zero-order valence-corrected chi connectivity index (χ0v) is 12.9. The molecule has 0 heterocycles. The summed E-state index contributed by atoms with van der Waals surface area (Å²) < 4.78 is 0. The number of carboxylic acids is 1. The van der Waals surface area contributed by atoms with E-state index in [9.17, 15) is 4.79 Å². The largest absolute Gasteiger partial charge is 0.478 e. The molecule has 1 atom stereocenters. The van der Waals surface area contributed by atoms with Gasteiger partial charge in [-0.1, -0.05) is 17.7 Å². The molecule has 0 fully saturated rings. The molecule has 0 saturated carbocycles. The maximum atomic E-state index is 10.9. The molecule has 0 aliphatic heterocycles. The first-order chi connectivity index (χ1) is 9.88. The Balaban J connectivity index is 2.22. The van der Waals surface area contributed by atoms with Crippen molar-refractivity contribution in [3.63, 3.8) is 0 Å². The Morgan fingerprint density at radius 3 is 2.05 bits per heavy atom. The fraction of sp³-hybridized carbons (Fsp3) is 0.278. The number of nitrogens with one attached hydrogen (secondary N) is 1. The highest BCUT2D eigenvalue weighted by Gasteiger charge is 2.12. The summed E-state index contributed by atoms with van der Waals surface area (Å²) in [7, 11) is 0. The van der Waals surface area contributed by atoms with Gasteiger partial charge in [0.25, 0.3) is 0 Å². The van der Waals surface area contributed by atoms with Gasteiger partial charge in [-0.25, -0.2) is 4.79 Å². The molecule has 1 unspecified atom stereocenters. The Labute approximate surface area is 125 Å². The van der Waals surface area contributed by atoms with E-state index in [4.69, 9.17) is 5.11 Å². The summed E-state index contributed by atoms with van der Waals surface area (Å²) in [5, 5.41) is 12.3. The topological polar surface area (TPSA) is 49.3 Å². The van der Waals surface area contributed by atoms with E-state index in [0.717, 1.165) is 5.69 Å². The summed E-state index contributed by atoms with van der Waals surface area (Å²) in [5.74, 6) is -0.903. The molecule has 3 nitrogen and oxygen atoms in total. The van der Waals surface area contributed by atoms with Crippen LogP contribution in [0.25, 0.3) is 0 Å². The number of benzene rings is 2. The molecule has 0 aromatic heterocycles. The van der Waals surface area contributed by atoms with E-state index in [0.29, 0.717) is 5.56 Å². The maximum Gasteiger partial charge on any atom is 0.335 e. The number of aromatic carboxylic acids is 1. The quantitative estimate of drug-likeness (QED) is 0.869. The molecular formula is C18H21NO2. The van der Waals surface area contributed by atoms with Crippen LogP contribution in [-0.4, -0.2) is 11.1 Å². The standard InChI is InChI=1S/C18H21NO2/c1-11-9-12(2)17(13(3)10-11)14(4)19-16-7-5-15(6-8-16)18(20)21/h5-10,14,19H,1-4H3,(H,20,21). The second-order valence-corrected chi connectivity index (χ2v) is 5.56. The fourth-order valence-electron chi connectivity index (χ4n) is 2.91. The molecule has 2 rings (SSSR count). The molecule has 0 aliphatic rings. The minimum atomic E-state index is -0.903. The SMILES string of the molecule is Cc1cc(C)c(C(C)Nc2ccc(C(=O)O)cc2)c(C)c1. The van der Waals surface area contributed by atoms with Crippen LogP contribution >= 0.6 is 0 Å². The van der Waals surface area contributed by atoms with Crippen molar-refractivity contribution >= 4 is 11.7 Å². The number of carbonyl (C=O) groups is 1. The van der Waals surface area contributed by atoms with Crippen molar-refractivity contribution in [1.82, 2.24) is 0 Å². The number of anilines is 1. The van der Waals surface area contributed by atoms with Crippen LogP contribution in [0.2, 0.25) is 0 Å². The van der Waals surface area contributed by atoms with Crippen molar-refractivity contribution in [2.75, 3.05) is 5.32 Å². The Morgan fingerprint density at radius 2 is 1.57 bits per heavy atom. The predicted molar refractivity (Wildman–Crippen MR) is 86.1 cm³/mol. The molecule has 0 aliphatic carbocycles.